The van der Waals surface area contributed by atoms with Crippen LogP contribution in [0.2, 0.25) is 0 Å². The molecule has 1 heterocycles. The zero-order valence-corrected chi connectivity index (χ0v) is 27.8. The molecule has 1 aliphatic heterocycles. The van der Waals surface area contributed by atoms with Crippen molar-refractivity contribution in [3.05, 3.63) is 41.5 Å². The quantitative estimate of drug-likeness (QED) is 0.0776. The Morgan fingerprint density at radius 2 is 1.33 bits per heavy atom. The van der Waals surface area contributed by atoms with Crippen LogP contribution in [0.25, 0.3) is 10.8 Å². The van der Waals surface area contributed by atoms with Crippen LogP contribution in [-0.2, 0) is 29.2 Å². The normalized spacial score (nSPS) is 13.3. The summed E-state index contributed by atoms with van der Waals surface area (Å²) >= 11 is 0. The predicted octanol–water partition coefficient (Wildman–Crippen LogP) is -4.63. The van der Waals surface area contributed by atoms with E-state index in [1.807, 2.05) is 0 Å². The van der Waals surface area contributed by atoms with E-state index in [0.717, 1.165) is 4.90 Å². The number of nitrogens with one attached hydrogen (secondary N) is 1. The number of benzene rings is 2. The van der Waals surface area contributed by atoms with Crippen LogP contribution in [0.5, 0.6) is 0 Å². The molecule has 2 aromatic carbocycles. The fraction of sp³-hybridized carbons (Fsp3) is 0.400. The molecule has 1 aliphatic rings. The van der Waals surface area contributed by atoms with E-state index in [0.29, 0.717) is 47.0 Å². The van der Waals surface area contributed by atoms with Gasteiger partial charge in [-0.2, -0.15) is 0 Å². The largest absolute Gasteiger partial charge is 1.00 e. The van der Waals surface area contributed by atoms with Crippen LogP contribution in [0.3, 0.4) is 0 Å². The van der Waals surface area contributed by atoms with Crippen LogP contribution >= 0.6 is 0 Å². The maximum Gasteiger partial charge on any atom is 1.00 e. The van der Waals surface area contributed by atoms with Crippen molar-refractivity contribution in [2.75, 3.05) is 31.6 Å². The number of nitrogens with zero attached hydrogens (tertiary/aromatic N) is 1. The molecule has 186 valence electrons. The Morgan fingerprint density at radius 3 is 1.92 bits per heavy atom. The second-order valence-corrected chi connectivity index (χ2v) is 9.56. The minimum atomic E-state index is -4.79. The van der Waals surface area contributed by atoms with Crippen molar-refractivity contribution in [3.8, 4) is 0 Å². The number of anilines is 1. The van der Waals surface area contributed by atoms with Crippen molar-refractivity contribution in [1.29, 1.82) is 0 Å². The third-order valence-electron chi connectivity index (χ3n) is 5.11. The summed E-state index contributed by atoms with van der Waals surface area (Å²) in [7, 11) is -9.50. The molecule has 36 heavy (non-hydrogen) atoms. The molecule has 12 nitrogen and oxygen atoms in total. The first-order valence-corrected chi connectivity index (χ1v) is 13.0. The van der Waals surface area contributed by atoms with Gasteiger partial charge in [0.2, 0.25) is 20.8 Å². The first kappa shape index (κ1) is 34.7. The number of hydrogen-bond donors (Lipinski definition) is 1. The van der Waals surface area contributed by atoms with E-state index in [9.17, 15) is 35.5 Å². The zero-order chi connectivity index (χ0) is 24.9. The average molecular weight is 593 g/mol. The molecular formula is C20H22K2N2O10S2. The Morgan fingerprint density at radius 1 is 0.778 bits per heavy atom. The maximum absolute atomic E-state index is 13.0. The Hall–Kier alpha value is 0.653. The van der Waals surface area contributed by atoms with Crippen LogP contribution in [-0.4, -0.2) is 69.0 Å². The van der Waals surface area contributed by atoms with E-state index >= 15 is 0 Å². The summed E-state index contributed by atoms with van der Waals surface area (Å²) in [6.45, 7) is -0.0654. The molecular weight excluding hydrogens is 571 g/mol. The first-order valence-electron chi connectivity index (χ1n) is 10.3. The summed E-state index contributed by atoms with van der Waals surface area (Å²) in [6.07, 6.45) is 1.29. The van der Waals surface area contributed by atoms with Gasteiger partial charge in [-0.3, -0.25) is 22.9 Å². The minimum Gasteiger partial charge on any atom is -0.726 e. The van der Waals surface area contributed by atoms with Crippen molar-refractivity contribution in [2.45, 2.75) is 25.7 Å². The van der Waals surface area contributed by atoms with E-state index in [1.165, 1.54) is 0 Å². The summed E-state index contributed by atoms with van der Waals surface area (Å²) in [5.41, 5.74) is 1.38. The van der Waals surface area contributed by atoms with Gasteiger partial charge >= 0.3 is 103 Å². The van der Waals surface area contributed by atoms with Gasteiger partial charge in [0.05, 0.1) is 13.2 Å². The molecule has 0 bridgehead atoms. The Balaban J connectivity index is 0.00000324. The molecule has 3 rings (SSSR count). The molecule has 0 radical (unpaired) electrons. The van der Waals surface area contributed by atoms with Gasteiger partial charge in [-0.1, -0.05) is 12.1 Å². The van der Waals surface area contributed by atoms with E-state index in [1.54, 1.807) is 30.3 Å². The van der Waals surface area contributed by atoms with Gasteiger partial charge in [0.25, 0.3) is 11.8 Å². The molecule has 0 fully saturated rings. The number of unbranched alkanes of at least 4 members (excludes halogenated alkanes) is 2. The van der Waals surface area contributed by atoms with E-state index in [4.69, 9.17) is 0 Å². The molecule has 0 saturated heterocycles. The van der Waals surface area contributed by atoms with Gasteiger partial charge in [-0.05, 0) is 43.9 Å². The summed E-state index contributed by atoms with van der Waals surface area (Å²) in [5, 5.41) is 4.37. The molecule has 0 spiro atoms. The van der Waals surface area contributed by atoms with E-state index in [2.05, 4.69) is 13.7 Å². The fourth-order valence-electron chi connectivity index (χ4n) is 3.65. The van der Waals surface area contributed by atoms with Gasteiger partial charge in [0, 0.05) is 40.7 Å². The number of rotatable bonds is 13. The van der Waals surface area contributed by atoms with E-state index in [-0.39, 0.29) is 135 Å². The smallest absolute Gasteiger partial charge is 0.726 e. The van der Waals surface area contributed by atoms with Gasteiger partial charge in [0.1, 0.15) is 0 Å². The van der Waals surface area contributed by atoms with Gasteiger partial charge < -0.3 is 14.4 Å². The van der Waals surface area contributed by atoms with Crippen molar-refractivity contribution in [1.82, 2.24) is 4.90 Å². The monoisotopic (exact) mass is 592 g/mol. The van der Waals surface area contributed by atoms with Crippen molar-refractivity contribution >= 4 is 49.1 Å². The van der Waals surface area contributed by atoms with Crippen LogP contribution in [0.4, 0.5) is 5.69 Å². The summed E-state index contributed by atoms with van der Waals surface area (Å²) in [5.74, 6) is -0.956. The third kappa shape index (κ3) is 10.00. The topological polar surface area (TPSA) is 182 Å². The minimum absolute atomic E-state index is 0. The number of imide groups is 1. The standard InChI is InChI=1S/C20H24N2O10S2.2K/c23-19-15-7-5-6-14-17(21-10-1-3-12-31-33(25,26)27)9-8-16(18(14)15)20(24)22(19)11-2-4-13-32-34(28,29)30;;/h5-9,21H,1-4,10-13H2,(H,25,26,27)(H,28,29,30);;/q;2*+1/p-2. The Labute approximate surface area is 294 Å². The zero-order valence-electron chi connectivity index (χ0n) is 19.9. The molecule has 0 saturated carbocycles. The van der Waals surface area contributed by atoms with Crippen LogP contribution in [0.15, 0.2) is 30.3 Å². The second-order valence-electron chi connectivity index (χ2n) is 7.45. The second kappa shape index (κ2) is 15.4. The number of carbonyl (C=O) groups is 2. The predicted molar refractivity (Wildman–Crippen MR) is 118 cm³/mol. The molecule has 0 atom stereocenters. The fourth-order valence-corrected chi connectivity index (χ4v) is 4.29. The van der Waals surface area contributed by atoms with Crippen LogP contribution in [0.1, 0.15) is 46.4 Å². The SMILES string of the molecule is O=C1c2cccc3c(NCCCCOS(=O)(=O)[O-])ccc(c23)C(=O)N1CCCCOS(=O)(=O)[O-].[K+].[K+]. The molecule has 0 aromatic heterocycles. The molecule has 2 amide bonds. The van der Waals surface area contributed by atoms with Crippen molar-refractivity contribution in [2.24, 2.45) is 0 Å². The van der Waals surface area contributed by atoms with Gasteiger partial charge in [0.15, 0.2) is 0 Å². The Kier molecular flexibility index (Phi) is 14.9. The van der Waals surface area contributed by atoms with Crippen molar-refractivity contribution < 1.29 is 147 Å². The van der Waals surface area contributed by atoms with E-state index < -0.39 is 32.6 Å². The molecule has 16 heteroatoms. The van der Waals surface area contributed by atoms with Gasteiger partial charge in [-0.15, -0.1) is 0 Å². The molecule has 0 aliphatic carbocycles. The average Bonchev–Trinajstić information content (AvgIpc) is 2.75. The van der Waals surface area contributed by atoms with Crippen molar-refractivity contribution in [3.63, 3.8) is 0 Å². The number of hydrogen-bond acceptors (Lipinski definition) is 11. The van der Waals surface area contributed by atoms with Crippen LogP contribution in [0, 0.1) is 0 Å². The number of amides is 2. The van der Waals surface area contributed by atoms with Gasteiger partial charge in [-0.25, -0.2) is 16.8 Å². The molecule has 0 unspecified atom stereocenters. The summed E-state index contributed by atoms with van der Waals surface area (Å²) in [4.78, 5) is 27.0. The Bertz CT molecular complexity index is 1280. The third-order valence-corrected chi connectivity index (χ3v) is 6.02. The van der Waals surface area contributed by atoms with Crippen LogP contribution < -0.4 is 108 Å². The first-order chi connectivity index (χ1) is 16.0. The summed E-state index contributed by atoms with van der Waals surface area (Å²) < 4.78 is 71.0. The molecule has 1 N–H and O–H groups in total. The summed E-state index contributed by atoms with van der Waals surface area (Å²) in [6, 6.07) is 8.40. The molecule has 2 aromatic rings. The number of carbonyl (C=O) groups excluding carboxylic acids is 2. The maximum atomic E-state index is 13.0.